The molecule has 100 valence electrons. The van der Waals surface area contributed by atoms with E-state index in [2.05, 4.69) is 31.2 Å². The van der Waals surface area contributed by atoms with Gasteiger partial charge in [0.15, 0.2) is 0 Å². The second-order valence-corrected chi connectivity index (χ2v) is 6.22. The zero-order valence-corrected chi connectivity index (χ0v) is 12.9. The van der Waals surface area contributed by atoms with Crippen molar-refractivity contribution < 1.29 is 0 Å². The van der Waals surface area contributed by atoms with Gasteiger partial charge < -0.3 is 5.73 Å². The highest BCUT2D eigenvalue weighted by Gasteiger charge is 2.06. The Bertz CT molecular complexity index is 555. The first-order chi connectivity index (χ1) is 9.10. The second-order valence-electron chi connectivity index (χ2n) is 4.26. The molecule has 1 nitrogen and oxygen atoms in total. The number of rotatable bonds is 4. The van der Waals surface area contributed by atoms with Gasteiger partial charge >= 0.3 is 0 Å². The second kappa shape index (κ2) is 6.67. The third-order valence-corrected chi connectivity index (χ3v) is 4.61. The molecule has 0 amide bonds. The predicted molar refractivity (Wildman–Crippen MR) is 84.2 cm³/mol. The molecule has 0 radical (unpaired) electrons. The van der Waals surface area contributed by atoms with Crippen molar-refractivity contribution in [3.8, 4) is 0 Å². The molecule has 2 rings (SSSR count). The van der Waals surface area contributed by atoms with Gasteiger partial charge in [0.25, 0.3) is 0 Å². The topological polar surface area (TPSA) is 26.0 Å². The van der Waals surface area contributed by atoms with E-state index in [0.29, 0.717) is 10.0 Å². The average molecular weight is 312 g/mol. The summed E-state index contributed by atoms with van der Waals surface area (Å²) < 4.78 is 0. The summed E-state index contributed by atoms with van der Waals surface area (Å²) in [6, 6.07) is 13.8. The van der Waals surface area contributed by atoms with Crippen LogP contribution in [0.1, 0.15) is 24.9 Å². The standard InChI is InChI=1S/C15H15Cl2NS/c1-2-14(18)10-3-6-12(7-4-10)19-15-9-11(16)5-8-13(15)17/h3-9,14H,2,18H2,1H3/t14-/m1/s1. The molecule has 2 aromatic rings. The van der Waals surface area contributed by atoms with Crippen molar-refractivity contribution in [3.05, 3.63) is 58.1 Å². The van der Waals surface area contributed by atoms with Crippen LogP contribution in [0.25, 0.3) is 0 Å². The highest BCUT2D eigenvalue weighted by molar-refractivity contribution is 7.99. The molecule has 0 aliphatic rings. The van der Waals surface area contributed by atoms with E-state index in [1.165, 1.54) is 0 Å². The maximum Gasteiger partial charge on any atom is 0.0546 e. The van der Waals surface area contributed by atoms with Crippen molar-refractivity contribution >= 4 is 35.0 Å². The van der Waals surface area contributed by atoms with Gasteiger partial charge in [0.2, 0.25) is 0 Å². The van der Waals surface area contributed by atoms with Gasteiger partial charge in [0, 0.05) is 20.9 Å². The Hall–Kier alpha value is -0.670. The lowest BCUT2D eigenvalue weighted by molar-refractivity contribution is 0.698. The van der Waals surface area contributed by atoms with E-state index in [1.807, 2.05) is 12.1 Å². The zero-order valence-electron chi connectivity index (χ0n) is 10.6. The lowest BCUT2D eigenvalue weighted by Crippen LogP contribution is -2.07. The Labute approximate surface area is 128 Å². The van der Waals surface area contributed by atoms with Crippen molar-refractivity contribution in [1.82, 2.24) is 0 Å². The fraction of sp³-hybridized carbons (Fsp3) is 0.200. The van der Waals surface area contributed by atoms with Crippen molar-refractivity contribution in [2.24, 2.45) is 5.73 Å². The summed E-state index contributed by atoms with van der Waals surface area (Å²) in [5.41, 5.74) is 7.15. The van der Waals surface area contributed by atoms with Crippen molar-refractivity contribution in [2.75, 3.05) is 0 Å². The van der Waals surface area contributed by atoms with E-state index in [-0.39, 0.29) is 6.04 Å². The van der Waals surface area contributed by atoms with Crippen molar-refractivity contribution in [3.63, 3.8) is 0 Å². The van der Waals surface area contributed by atoms with Gasteiger partial charge in [-0.05, 0) is 42.3 Å². The predicted octanol–water partition coefficient (Wildman–Crippen LogP) is 5.55. The molecule has 19 heavy (non-hydrogen) atoms. The fourth-order valence-corrected chi connectivity index (χ4v) is 3.05. The number of hydrogen-bond donors (Lipinski definition) is 1. The van der Waals surface area contributed by atoms with E-state index in [9.17, 15) is 0 Å². The molecule has 0 heterocycles. The number of halogens is 2. The average Bonchev–Trinajstić information content (AvgIpc) is 2.43. The summed E-state index contributed by atoms with van der Waals surface area (Å²) in [6.45, 7) is 2.08. The minimum Gasteiger partial charge on any atom is -0.324 e. The van der Waals surface area contributed by atoms with Gasteiger partial charge in [0.1, 0.15) is 0 Å². The Morgan fingerprint density at radius 2 is 1.79 bits per heavy atom. The molecule has 0 spiro atoms. The summed E-state index contributed by atoms with van der Waals surface area (Å²) in [5.74, 6) is 0. The van der Waals surface area contributed by atoms with Gasteiger partial charge in [-0.15, -0.1) is 0 Å². The first-order valence-corrected chi connectivity index (χ1v) is 7.66. The van der Waals surface area contributed by atoms with Gasteiger partial charge in [-0.2, -0.15) is 0 Å². The summed E-state index contributed by atoms with van der Waals surface area (Å²) in [5, 5.41) is 1.40. The Kier molecular flexibility index (Phi) is 5.17. The maximum absolute atomic E-state index is 6.15. The molecular weight excluding hydrogens is 297 g/mol. The summed E-state index contributed by atoms with van der Waals surface area (Å²) >= 11 is 13.7. The van der Waals surface area contributed by atoms with Gasteiger partial charge in [-0.1, -0.05) is 54.0 Å². The van der Waals surface area contributed by atoms with Crippen LogP contribution in [0.15, 0.2) is 52.3 Å². The quantitative estimate of drug-likeness (QED) is 0.800. The number of benzene rings is 2. The van der Waals surface area contributed by atoms with Gasteiger partial charge in [-0.3, -0.25) is 0 Å². The highest BCUT2D eigenvalue weighted by Crippen LogP contribution is 2.35. The molecule has 2 N–H and O–H groups in total. The minimum atomic E-state index is 0.105. The number of hydrogen-bond acceptors (Lipinski definition) is 2. The molecule has 0 aromatic heterocycles. The van der Waals surface area contributed by atoms with E-state index < -0.39 is 0 Å². The van der Waals surface area contributed by atoms with Crippen LogP contribution in [0.4, 0.5) is 0 Å². The molecule has 4 heteroatoms. The third-order valence-electron chi connectivity index (χ3n) is 2.87. The summed E-state index contributed by atoms with van der Waals surface area (Å²) in [6.07, 6.45) is 0.937. The Balaban J connectivity index is 2.17. The molecule has 2 aromatic carbocycles. The first kappa shape index (κ1) is 14.7. The largest absolute Gasteiger partial charge is 0.324 e. The van der Waals surface area contributed by atoms with Gasteiger partial charge in [0.05, 0.1) is 5.02 Å². The highest BCUT2D eigenvalue weighted by atomic mass is 35.5. The molecule has 0 bridgehead atoms. The first-order valence-electron chi connectivity index (χ1n) is 6.08. The molecular formula is C15H15Cl2NS. The molecule has 0 unspecified atom stereocenters. The minimum absolute atomic E-state index is 0.105. The smallest absolute Gasteiger partial charge is 0.0546 e. The van der Waals surface area contributed by atoms with Crippen LogP contribution < -0.4 is 5.73 Å². The van der Waals surface area contributed by atoms with E-state index >= 15 is 0 Å². The van der Waals surface area contributed by atoms with Crippen LogP contribution in [0, 0.1) is 0 Å². The lowest BCUT2D eigenvalue weighted by Gasteiger charge is -2.10. The molecule has 0 saturated carbocycles. The van der Waals surface area contributed by atoms with Gasteiger partial charge in [-0.25, -0.2) is 0 Å². The fourth-order valence-electron chi connectivity index (χ4n) is 1.70. The van der Waals surface area contributed by atoms with Crippen LogP contribution in [0.3, 0.4) is 0 Å². The normalized spacial score (nSPS) is 12.4. The molecule has 0 saturated heterocycles. The molecule has 0 fully saturated rings. The van der Waals surface area contributed by atoms with Crippen molar-refractivity contribution in [2.45, 2.75) is 29.2 Å². The van der Waals surface area contributed by atoms with Crippen LogP contribution in [0.2, 0.25) is 10.0 Å². The van der Waals surface area contributed by atoms with E-state index in [1.54, 1.807) is 17.8 Å². The van der Waals surface area contributed by atoms with Crippen LogP contribution >= 0.6 is 35.0 Å². The van der Waals surface area contributed by atoms with Crippen molar-refractivity contribution in [1.29, 1.82) is 0 Å². The zero-order chi connectivity index (χ0) is 13.8. The Morgan fingerprint density at radius 1 is 1.11 bits per heavy atom. The van der Waals surface area contributed by atoms with Crippen LogP contribution in [-0.2, 0) is 0 Å². The Morgan fingerprint density at radius 3 is 2.42 bits per heavy atom. The lowest BCUT2D eigenvalue weighted by atomic mass is 10.1. The maximum atomic E-state index is 6.15. The van der Waals surface area contributed by atoms with E-state index in [0.717, 1.165) is 21.8 Å². The van der Waals surface area contributed by atoms with Crippen LogP contribution in [0.5, 0.6) is 0 Å². The molecule has 0 aliphatic heterocycles. The monoisotopic (exact) mass is 311 g/mol. The summed E-state index contributed by atoms with van der Waals surface area (Å²) in [4.78, 5) is 2.08. The van der Waals surface area contributed by atoms with Crippen LogP contribution in [-0.4, -0.2) is 0 Å². The SMILES string of the molecule is CC[C@@H](N)c1ccc(Sc2cc(Cl)ccc2Cl)cc1. The third kappa shape index (κ3) is 3.90. The number of nitrogens with two attached hydrogens (primary N) is 1. The van der Waals surface area contributed by atoms with E-state index in [4.69, 9.17) is 28.9 Å². The molecule has 0 aliphatic carbocycles. The summed E-state index contributed by atoms with van der Waals surface area (Å²) in [7, 11) is 0. The molecule has 1 atom stereocenters.